The molecule has 2 rings (SSSR count). The van der Waals surface area contributed by atoms with Gasteiger partial charge in [0.15, 0.2) is 0 Å². The SMILES string of the molecule is O=C(O)C[C@H](CCc1ccccc1)Oc1ccccc1. The van der Waals surface area contributed by atoms with Crippen molar-refractivity contribution in [3.05, 3.63) is 66.2 Å². The predicted octanol–water partition coefficient (Wildman–Crippen LogP) is 3.54. The van der Waals surface area contributed by atoms with Gasteiger partial charge in [-0.2, -0.15) is 0 Å². The minimum Gasteiger partial charge on any atom is -0.490 e. The van der Waals surface area contributed by atoms with Gasteiger partial charge in [0.25, 0.3) is 0 Å². The van der Waals surface area contributed by atoms with E-state index in [-0.39, 0.29) is 12.5 Å². The molecule has 0 aliphatic rings. The van der Waals surface area contributed by atoms with Gasteiger partial charge in [0.2, 0.25) is 0 Å². The van der Waals surface area contributed by atoms with Crippen molar-refractivity contribution in [1.29, 1.82) is 0 Å². The van der Waals surface area contributed by atoms with Crippen molar-refractivity contribution in [1.82, 2.24) is 0 Å². The highest BCUT2D eigenvalue weighted by Crippen LogP contribution is 2.16. The zero-order chi connectivity index (χ0) is 14.2. The molecule has 0 saturated carbocycles. The average Bonchev–Trinajstić information content (AvgIpc) is 2.46. The Morgan fingerprint density at radius 2 is 1.60 bits per heavy atom. The van der Waals surface area contributed by atoms with Crippen LogP contribution >= 0.6 is 0 Å². The van der Waals surface area contributed by atoms with Crippen LogP contribution in [0, 0.1) is 0 Å². The Morgan fingerprint density at radius 3 is 2.20 bits per heavy atom. The van der Waals surface area contributed by atoms with E-state index < -0.39 is 5.97 Å². The van der Waals surface area contributed by atoms with Crippen LogP contribution in [0.25, 0.3) is 0 Å². The molecule has 104 valence electrons. The Labute approximate surface area is 118 Å². The minimum absolute atomic E-state index is 0.0156. The number of aryl methyl sites for hydroxylation is 1. The topological polar surface area (TPSA) is 46.5 Å². The summed E-state index contributed by atoms with van der Waals surface area (Å²) in [5.74, 6) is -0.120. The molecule has 0 fully saturated rings. The lowest BCUT2D eigenvalue weighted by Crippen LogP contribution is -2.21. The number of rotatable bonds is 7. The summed E-state index contributed by atoms with van der Waals surface area (Å²) in [6.45, 7) is 0. The lowest BCUT2D eigenvalue weighted by atomic mass is 10.0. The van der Waals surface area contributed by atoms with Crippen LogP contribution in [0.2, 0.25) is 0 Å². The van der Waals surface area contributed by atoms with Gasteiger partial charge in [-0.25, -0.2) is 0 Å². The van der Waals surface area contributed by atoms with Crippen LogP contribution in [-0.4, -0.2) is 17.2 Å². The highest BCUT2D eigenvalue weighted by molar-refractivity contribution is 5.67. The molecule has 0 saturated heterocycles. The quantitative estimate of drug-likeness (QED) is 0.837. The van der Waals surface area contributed by atoms with E-state index in [0.29, 0.717) is 12.2 Å². The molecule has 20 heavy (non-hydrogen) atoms. The maximum atomic E-state index is 10.9. The van der Waals surface area contributed by atoms with Gasteiger partial charge in [0, 0.05) is 0 Å². The van der Waals surface area contributed by atoms with Gasteiger partial charge < -0.3 is 9.84 Å². The van der Waals surface area contributed by atoms with Crippen LogP contribution < -0.4 is 4.74 Å². The molecule has 0 aliphatic heterocycles. The molecule has 0 radical (unpaired) electrons. The van der Waals surface area contributed by atoms with Crippen LogP contribution in [-0.2, 0) is 11.2 Å². The Hall–Kier alpha value is -2.29. The summed E-state index contributed by atoms with van der Waals surface area (Å²) < 4.78 is 5.77. The van der Waals surface area contributed by atoms with Crippen molar-refractivity contribution in [2.75, 3.05) is 0 Å². The molecule has 0 heterocycles. The second-order valence-corrected chi connectivity index (χ2v) is 4.68. The first-order valence-corrected chi connectivity index (χ1v) is 6.71. The third-order valence-electron chi connectivity index (χ3n) is 3.05. The Morgan fingerprint density at radius 1 is 1.00 bits per heavy atom. The van der Waals surface area contributed by atoms with Gasteiger partial charge in [-0.1, -0.05) is 48.5 Å². The van der Waals surface area contributed by atoms with Crippen molar-refractivity contribution in [2.45, 2.75) is 25.4 Å². The third-order valence-corrected chi connectivity index (χ3v) is 3.05. The Kier molecular flexibility index (Phi) is 5.18. The van der Waals surface area contributed by atoms with E-state index in [4.69, 9.17) is 9.84 Å². The number of aliphatic carboxylic acids is 1. The molecule has 0 aromatic heterocycles. The zero-order valence-electron chi connectivity index (χ0n) is 11.2. The van der Waals surface area contributed by atoms with Crippen molar-refractivity contribution in [2.24, 2.45) is 0 Å². The largest absolute Gasteiger partial charge is 0.490 e. The fourth-order valence-corrected chi connectivity index (χ4v) is 2.06. The number of para-hydroxylation sites is 1. The molecule has 1 atom stereocenters. The molecular formula is C17H18O3. The van der Waals surface area contributed by atoms with Gasteiger partial charge in [-0.15, -0.1) is 0 Å². The van der Waals surface area contributed by atoms with Gasteiger partial charge in [-0.05, 0) is 30.5 Å². The second kappa shape index (κ2) is 7.34. The standard InChI is InChI=1S/C17H18O3/c18-17(19)13-16(20-15-9-5-2-6-10-15)12-11-14-7-3-1-4-8-14/h1-10,16H,11-13H2,(H,18,19)/t16-/m0/s1. The highest BCUT2D eigenvalue weighted by Gasteiger charge is 2.15. The number of ether oxygens (including phenoxy) is 1. The zero-order valence-corrected chi connectivity index (χ0v) is 11.2. The molecule has 0 aliphatic carbocycles. The normalized spacial score (nSPS) is 11.8. The van der Waals surface area contributed by atoms with E-state index in [1.165, 1.54) is 5.56 Å². The van der Waals surface area contributed by atoms with Crippen LogP contribution in [0.3, 0.4) is 0 Å². The first kappa shape index (κ1) is 14.1. The lowest BCUT2D eigenvalue weighted by molar-refractivity contribution is -0.138. The van der Waals surface area contributed by atoms with Crippen LogP contribution in [0.4, 0.5) is 0 Å². The predicted molar refractivity (Wildman–Crippen MR) is 77.9 cm³/mol. The molecule has 2 aromatic rings. The Bertz CT molecular complexity index is 522. The van der Waals surface area contributed by atoms with E-state index in [2.05, 4.69) is 0 Å². The fraction of sp³-hybridized carbons (Fsp3) is 0.235. The van der Waals surface area contributed by atoms with Gasteiger partial charge >= 0.3 is 5.97 Å². The molecule has 3 nitrogen and oxygen atoms in total. The summed E-state index contributed by atoms with van der Waals surface area (Å²) in [7, 11) is 0. The number of hydrogen-bond donors (Lipinski definition) is 1. The van der Waals surface area contributed by atoms with Crippen LogP contribution in [0.1, 0.15) is 18.4 Å². The van der Waals surface area contributed by atoms with Crippen LogP contribution in [0.15, 0.2) is 60.7 Å². The van der Waals surface area contributed by atoms with Crippen molar-refractivity contribution < 1.29 is 14.6 Å². The smallest absolute Gasteiger partial charge is 0.307 e. The molecular weight excluding hydrogens is 252 g/mol. The summed E-state index contributed by atoms with van der Waals surface area (Å²) in [6, 6.07) is 19.4. The number of benzene rings is 2. The summed E-state index contributed by atoms with van der Waals surface area (Å²) in [5.41, 5.74) is 1.19. The minimum atomic E-state index is -0.834. The number of carbonyl (C=O) groups is 1. The van der Waals surface area contributed by atoms with E-state index in [1.807, 2.05) is 60.7 Å². The highest BCUT2D eigenvalue weighted by atomic mass is 16.5. The maximum Gasteiger partial charge on any atom is 0.307 e. The molecule has 1 N–H and O–H groups in total. The van der Waals surface area contributed by atoms with Gasteiger partial charge in [0.05, 0.1) is 6.42 Å². The second-order valence-electron chi connectivity index (χ2n) is 4.68. The van der Waals surface area contributed by atoms with E-state index in [1.54, 1.807) is 0 Å². The molecule has 0 bridgehead atoms. The van der Waals surface area contributed by atoms with Crippen LogP contribution in [0.5, 0.6) is 5.75 Å². The summed E-state index contributed by atoms with van der Waals surface area (Å²) in [6.07, 6.45) is 1.20. The summed E-state index contributed by atoms with van der Waals surface area (Å²) in [5, 5.41) is 8.98. The van der Waals surface area contributed by atoms with E-state index in [0.717, 1.165) is 6.42 Å². The van der Waals surface area contributed by atoms with Crippen molar-refractivity contribution >= 4 is 5.97 Å². The van der Waals surface area contributed by atoms with Gasteiger partial charge in [-0.3, -0.25) is 4.79 Å². The number of hydrogen-bond acceptors (Lipinski definition) is 2. The molecule has 0 unspecified atom stereocenters. The first-order chi connectivity index (χ1) is 9.74. The summed E-state index contributed by atoms with van der Waals surface area (Å²) in [4.78, 5) is 10.9. The Balaban J connectivity index is 1.95. The maximum absolute atomic E-state index is 10.9. The summed E-state index contributed by atoms with van der Waals surface area (Å²) >= 11 is 0. The van der Waals surface area contributed by atoms with E-state index >= 15 is 0 Å². The van der Waals surface area contributed by atoms with Gasteiger partial charge in [0.1, 0.15) is 11.9 Å². The number of carboxylic acids is 1. The fourth-order valence-electron chi connectivity index (χ4n) is 2.06. The molecule has 3 heteroatoms. The lowest BCUT2D eigenvalue weighted by Gasteiger charge is -2.17. The average molecular weight is 270 g/mol. The monoisotopic (exact) mass is 270 g/mol. The van der Waals surface area contributed by atoms with Crippen molar-refractivity contribution in [3.8, 4) is 5.75 Å². The first-order valence-electron chi connectivity index (χ1n) is 6.71. The molecule has 0 spiro atoms. The molecule has 0 amide bonds. The number of carboxylic acid groups (broad SMARTS) is 1. The third kappa shape index (κ3) is 4.76. The van der Waals surface area contributed by atoms with E-state index in [9.17, 15) is 4.79 Å². The van der Waals surface area contributed by atoms with Crippen molar-refractivity contribution in [3.63, 3.8) is 0 Å². The molecule has 2 aromatic carbocycles.